The maximum absolute atomic E-state index is 7.78. The zero-order valence-electron chi connectivity index (χ0n) is 11.9. The van der Waals surface area contributed by atoms with Gasteiger partial charge in [0.15, 0.2) is 5.72 Å². The quantitative estimate of drug-likeness (QED) is 0.891. The number of guanidine groups is 1. The largest absolute Gasteiger partial charge is 0.321 e. The highest BCUT2D eigenvalue weighted by Crippen LogP contribution is 2.31. The molecule has 0 bridgehead atoms. The van der Waals surface area contributed by atoms with Gasteiger partial charge in [-0.25, -0.2) is 9.90 Å². The minimum atomic E-state index is -0.736. The van der Waals surface area contributed by atoms with Crippen LogP contribution in [0.4, 0.5) is 0 Å². The van der Waals surface area contributed by atoms with Crippen molar-refractivity contribution in [3.8, 4) is 11.1 Å². The van der Waals surface area contributed by atoms with Crippen LogP contribution in [0.15, 0.2) is 48.5 Å². The van der Waals surface area contributed by atoms with E-state index in [0.717, 1.165) is 16.7 Å². The molecule has 0 saturated carbocycles. The molecule has 1 aliphatic rings. The molecule has 1 saturated heterocycles. The van der Waals surface area contributed by atoms with Gasteiger partial charge in [-0.05, 0) is 36.2 Å². The molecular weight excluding hydrogens is 286 g/mol. The van der Waals surface area contributed by atoms with Crippen molar-refractivity contribution >= 4 is 17.6 Å². The number of halogens is 1. The summed E-state index contributed by atoms with van der Waals surface area (Å²) in [6.07, 6.45) is 0. The number of hydroxylamine groups is 2. The lowest BCUT2D eigenvalue weighted by Crippen LogP contribution is -2.36. The molecule has 1 atom stereocenters. The Labute approximate surface area is 128 Å². The Hall–Kier alpha value is -2.04. The van der Waals surface area contributed by atoms with Crippen molar-refractivity contribution in [1.29, 1.82) is 5.41 Å². The van der Waals surface area contributed by atoms with Gasteiger partial charge in [0.1, 0.15) is 0 Å². The molecule has 3 rings (SSSR count). The van der Waals surface area contributed by atoms with Crippen LogP contribution >= 0.6 is 11.6 Å². The maximum atomic E-state index is 7.78. The Morgan fingerprint density at radius 3 is 2.43 bits per heavy atom. The smallest absolute Gasteiger partial charge is 0.217 e. The third-order valence-electron chi connectivity index (χ3n) is 3.56. The number of rotatable bonds is 2. The Morgan fingerprint density at radius 2 is 1.81 bits per heavy atom. The summed E-state index contributed by atoms with van der Waals surface area (Å²) in [4.78, 5) is 5.73. The van der Waals surface area contributed by atoms with Crippen molar-refractivity contribution in [3.63, 3.8) is 0 Å². The standard InChI is InChI=1S/C16H16ClN3O/c1-16(19-15(18)20(2)21-16)13-7-3-5-11(9-13)12-6-4-8-14(17)10-12/h3-10H,1-2H3,(H2,18,19). The summed E-state index contributed by atoms with van der Waals surface area (Å²) in [5, 5.41) is 13.0. The third kappa shape index (κ3) is 2.60. The molecule has 1 unspecified atom stereocenters. The van der Waals surface area contributed by atoms with Crippen molar-refractivity contribution in [1.82, 2.24) is 10.4 Å². The topological polar surface area (TPSA) is 48.4 Å². The van der Waals surface area contributed by atoms with Crippen molar-refractivity contribution in [2.45, 2.75) is 12.6 Å². The fourth-order valence-electron chi connectivity index (χ4n) is 2.44. The molecule has 1 aliphatic heterocycles. The normalized spacial score (nSPS) is 21.5. The van der Waals surface area contributed by atoms with Crippen LogP contribution in [-0.4, -0.2) is 18.1 Å². The molecule has 0 amide bonds. The summed E-state index contributed by atoms with van der Waals surface area (Å²) >= 11 is 6.06. The molecule has 2 N–H and O–H groups in total. The predicted molar refractivity (Wildman–Crippen MR) is 84.0 cm³/mol. The fraction of sp³-hybridized carbons (Fsp3) is 0.188. The second kappa shape index (κ2) is 5.06. The van der Waals surface area contributed by atoms with E-state index in [2.05, 4.69) is 5.32 Å². The van der Waals surface area contributed by atoms with E-state index in [1.807, 2.05) is 55.5 Å². The van der Waals surface area contributed by atoms with Crippen LogP contribution in [0.3, 0.4) is 0 Å². The van der Waals surface area contributed by atoms with Gasteiger partial charge in [-0.2, -0.15) is 0 Å². The van der Waals surface area contributed by atoms with Crippen LogP contribution in [-0.2, 0) is 10.6 Å². The number of benzene rings is 2. The average Bonchev–Trinajstić information content (AvgIpc) is 2.73. The zero-order valence-corrected chi connectivity index (χ0v) is 12.6. The second-order valence-electron chi connectivity index (χ2n) is 5.19. The summed E-state index contributed by atoms with van der Waals surface area (Å²) in [5.74, 6) is 0.241. The molecule has 108 valence electrons. The highest BCUT2D eigenvalue weighted by atomic mass is 35.5. The summed E-state index contributed by atoms with van der Waals surface area (Å²) in [6, 6.07) is 15.8. The van der Waals surface area contributed by atoms with E-state index in [4.69, 9.17) is 21.8 Å². The van der Waals surface area contributed by atoms with E-state index < -0.39 is 5.72 Å². The molecule has 0 radical (unpaired) electrons. The SMILES string of the molecule is CN1OC(C)(c2cccc(-c3cccc(Cl)c3)c2)NC1=N. The Bertz CT molecular complexity index is 703. The monoisotopic (exact) mass is 301 g/mol. The maximum Gasteiger partial charge on any atom is 0.217 e. The minimum Gasteiger partial charge on any atom is -0.321 e. The second-order valence-corrected chi connectivity index (χ2v) is 5.62. The first-order valence-corrected chi connectivity index (χ1v) is 7.02. The van der Waals surface area contributed by atoms with E-state index in [-0.39, 0.29) is 5.96 Å². The highest BCUT2D eigenvalue weighted by molar-refractivity contribution is 6.30. The molecule has 0 aliphatic carbocycles. The van der Waals surface area contributed by atoms with Crippen LogP contribution in [0, 0.1) is 5.41 Å². The number of nitrogens with zero attached hydrogens (tertiary/aromatic N) is 1. The predicted octanol–water partition coefficient (Wildman–Crippen LogP) is 3.58. The molecule has 0 aromatic heterocycles. The van der Waals surface area contributed by atoms with Crippen molar-refractivity contribution in [2.75, 3.05) is 7.05 Å². The molecule has 5 heteroatoms. The number of hydrogen-bond acceptors (Lipinski definition) is 2. The molecule has 2 aromatic rings. The summed E-state index contributed by atoms with van der Waals surface area (Å²) in [7, 11) is 1.71. The van der Waals surface area contributed by atoms with Crippen molar-refractivity contribution in [2.24, 2.45) is 0 Å². The van der Waals surface area contributed by atoms with Gasteiger partial charge in [-0.1, -0.05) is 41.9 Å². The lowest BCUT2D eigenvalue weighted by atomic mass is 9.98. The van der Waals surface area contributed by atoms with E-state index in [1.165, 1.54) is 5.06 Å². The van der Waals surface area contributed by atoms with Gasteiger partial charge >= 0.3 is 0 Å². The Morgan fingerprint density at radius 1 is 1.14 bits per heavy atom. The van der Waals surface area contributed by atoms with Gasteiger partial charge in [-0.3, -0.25) is 5.41 Å². The summed E-state index contributed by atoms with van der Waals surface area (Å²) < 4.78 is 0. The van der Waals surface area contributed by atoms with Crippen LogP contribution in [0.5, 0.6) is 0 Å². The molecule has 21 heavy (non-hydrogen) atoms. The van der Waals surface area contributed by atoms with Crippen molar-refractivity contribution < 1.29 is 4.84 Å². The van der Waals surface area contributed by atoms with Crippen LogP contribution in [0.25, 0.3) is 11.1 Å². The third-order valence-corrected chi connectivity index (χ3v) is 3.80. The summed E-state index contributed by atoms with van der Waals surface area (Å²) in [6.45, 7) is 1.90. The van der Waals surface area contributed by atoms with Crippen LogP contribution < -0.4 is 5.32 Å². The van der Waals surface area contributed by atoms with E-state index in [0.29, 0.717) is 5.02 Å². The fourth-order valence-corrected chi connectivity index (χ4v) is 2.63. The van der Waals surface area contributed by atoms with Crippen molar-refractivity contribution in [3.05, 3.63) is 59.1 Å². The van der Waals surface area contributed by atoms with E-state index in [1.54, 1.807) is 7.05 Å². The number of hydrogen-bond donors (Lipinski definition) is 2. The first-order chi connectivity index (χ1) is 9.98. The molecule has 1 heterocycles. The molecule has 2 aromatic carbocycles. The van der Waals surface area contributed by atoms with Gasteiger partial charge < -0.3 is 5.32 Å². The van der Waals surface area contributed by atoms with Gasteiger partial charge in [-0.15, -0.1) is 0 Å². The van der Waals surface area contributed by atoms with Gasteiger partial charge in [0.2, 0.25) is 5.96 Å². The van der Waals surface area contributed by atoms with Crippen LogP contribution in [0.2, 0.25) is 5.02 Å². The minimum absolute atomic E-state index is 0.241. The molecule has 4 nitrogen and oxygen atoms in total. The van der Waals surface area contributed by atoms with E-state index in [9.17, 15) is 0 Å². The number of nitrogens with one attached hydrogen (secondary N) is 2. The highest BCUT2D eigenvalue weighted by Gasteiger charge is 2.38. The first kappa shape index (κ1) is 13.9. The molecular formula is C16H16ClN3O. The van der Waals surface area contributed by atoms with Gasteiger partial charge in [0.05, 0.1) is 0 Å². The Balaban J connectivity index is 1.99. The van der Waals surface area contributed by atoms with Gasteiger partial charge in [0.25, 0.3) is 0 Å². The van der Waals surface area contributed by atoms with Crippen LogP contribution in [0.1, 0.15) is 12.5 Å². The zero-order chi connectivity index (χ0) is 15.0. The molecule has 1 fully saturated rings. The summed E-state index contributed by atoms with van der Waals surface area (Å²) in [5.41, 5.74) is 2.33. The lowest BCUT2D eigenvalue weighted by molar-refractivity contribution is -0.161. The van der Waals surface area contributed by atoms with Gasteiger partial charge in [0, 0.05) is 17.6 Å². The first-order valence-electron chi connectivity index (χ1n) is 6.64. The average molecular weight is 302 g/mol. The molecule has 0 spiro atoms. The Kier molecular flexibility index (Phi) is 3.35. The lowest BCUT2D eigenvalue weighted by Gasteiger charge is -2.23. The van der Waals surface area contributed by atoms with E-state index >= 15 is 0 Å².